The van der Waals surface area contributed by atoms with Crippen LogP contribution in [0.1, 0.15) is 31.4 Å². The molecule has 0 aromatic heterocycles. The average Bonchev–Trinajstić information content (AvgIpc) is 2.30. The fourth-order valence-corrected chi connectivity index (χ4v) is 1.72. The Morgan fingerprint density at radius 1 is 1.00 bits per heavy atom. The quantitative estimate of drug-likeness (QED) is 0.675. The predicted octanol–water partition coefficient (Wildman–Crippen LogP) is 2.52. The maximum Gasteiger partial charge on any atom is 0.00103 e. The Hall–Kier alpha value is -0.860. The Balaban J connectivity index is 1.99. The number of benzene rings is 1. The number of nitrogens with one attached hydrogen (secondary N) is 2. The first-order valence-corrected chi connectivity index (χ1v) is 6.68. The van der Waals surface area contributed by atoms with Crippen LogP contribution in [-0.2, 0) is 6.42 Å². The largest absolute Gasteiger partial charge is 0.316 e. The molecule has 0 amide bonds. The van der Waals surface area contributed by atoms with E-state index in [9.17, 15) is 0 Å². The molecule has 17 heavy (non-hydrogen) atoms. The smallest absolute Gasteiger partial charge is 0.00103 e. The SMILES string of the molecule is Cc1ccc(CCNCCCNC(C)C)cc1. The van der Waals surface area contributed by atoms with Crippen molar-refractivity contribution in [3.63, 3.8) is 0 Å². The summed E-state index contributed by atoms with van der Waals surface area (Å²) in [5.41, 5.74) is 2.75. The number of rotatable bonds is 8. The molecule has 0 aliphatic heterocycles. The van der Waals surface area contributed by atoms with Gasteiger partial charge in [0, 0.05) is 6.04 Å². The fraction of sp³-hybridized carbons (Fsp3) is 0.600. The highest BCUT2D eigenvalue weighted by atomic mass is 14.9. The van der Waals surface area contributed by atoms with Crippen LogP contribution in [0.3, 0.4) is 0 Å². The molecule has 0 atom stereocenters. The van der Waals surface area contributed by atoms with Gasteiger partial charge in [0.25, 0.3) is 0 Å². The highest BCUT2D eigenvalue weighted by molar-refractivity contribution is 5.21. The van der Waals surface area contributed by atoms with Crippen molar-refractivity contribution in [2.24, 2.45) is 0 Å². The van der Waals surface area contributed by atoms with E-state index in [1.165, 1.54) is 17.5 Å². The Morgan fingerprint density at radius 2 is 1.71 bits per heavy atom. The summed E-state index contributed by atoms with van der Waals surface area (Å²) in [6, 6.07) is 9.40. The van der Waals surface area contributed by atoms with Gasteiger partial charge in [-0.25, -0.2) is 0 Å². The van der Waals surface area contributed by atoms with Gasteiger partial charge in [-0.15, -0.1) is 0 Å². The second kappa shape index (κ2) is 8.26. The van der Waals surface area contributed by atoms with E-state index in [2.05, 4.69) is 55.7 Å². The summed E-state index contributed by atoms with van der Waals surface area (Å²) < 4.78 is 0. The van der Waals surface area contributed by atoms with E-state index in [1.54, 1.807) is 0 Å². The van der Waals surface area contributed by atoms with Crippen LogP contribution < -0.4 is 10.6 Å². The highest BCUT2D eigenvalue weighted by Crippen LogP contribution is 2.02. The summed E-state index contributed by atoms with van der Waals surface area (Å²) in [4.78, 5) is 0. The maximum absolute atomic E-state index is 3.48. The van der Waals surface area contributed by atoms with Gasteiger partial charge in [0.1, 0.15) is 0 Å². The van der Waals surface area contributed by atoms with E-state index in [0.29, 0.717) is 6.04 Å². The molecule has 0 fully saturated rings. The lowest BCUT2D eigenvalue weighted by Gasteiger charge is -2.08. The molecule has 96 valence electrons. The normalized spacial score (nSPS) is 11.1. The van der Waals surface area contributed by atoms with Crippen LogP contribution in [0.25, 0.3) is 0 Å². The molecule has 2 nitrogen and oxygen atoms in total. The predicted molar refractivity (Wildman–Crippen MR) is 75.5 cm³/mol. The molecular formula is C15H26N2. The molecule has 0 radical (unpaired) electrons. The summed E-state index contributed by atoms with van der Waals surface area (Å²) in [7, 11) is 0. The zero-order valence-corrected chi connectivity index (χ0v) is 11.4. The lowest BCUT2D eigenvalue weighted by molar-refractivity contribution is 0.548. The summed E-state index contributed by atoms with van der Waals surface area (Å²) in [6.45, 7) is 9.78. The summed E-state index contributed by atoms with van der Waals surface area (Å²) >= 11 is 0. The monoisotopic (exact) mass is 234 g/mol. The molecule has 0 aliphatic rings. The average molecular weight is 234 g/mol. The van der Waals surface area contributed by atoms with Gasteiger partial charge in [0.05, 0.1) is 0 Å². The van der Waals surface area contributed by atoms with Gasteiger partial charge in [0.15, 0.2) is 0 Å². The van der Waals surface area contributed by atoms with E-state index in [-0.39, 0.29) is 0 Å². The van der Waals surface area contributed by atoms with E-state index < -0.39 is 0 Å². The minimum atomic E-state index is 0.600. The zero-order valence-electron chi connectivity index (χ0n) is 11.4. The van der Waals surface area contributed by atoms with Crippen LogP contribution in [0.4, 0.5) is 0 Å². The van der Waals surface area contributed by atoms with Crippen LogP contribution in [0.15, 0.2) is 24.3 Å². The van der Waals surface area contributed by atoms with Crippen LogP contribution in [-0.4, -0.2) is 25.7 Å². The summed E-state index contributed by atoms with van der Waals surface area (Å²) in [5, 5.41) is 6.90. The zero-order chi connectivity index (χ0) is 12.5. The first-order chi connectivity index (χ1) is 8.18. The number of aryl methyl sites for hydroxylation is 1. The van der Waals surface area contributed by atoms with Crippen molar-refractivity contribution in [2.75, 3.05) is 19.6 Å². The van der Waals surface area contributed by atoms with Gasteiger partial charge >= 0.3 is 0 Å². The number of hydrogen-bond donors (Lipinski definition) is 2. The topological polar surface area (TPSA) is 24.1 Å². The third-order valence-corrected chi connectivity index (χ3v) is 2.79. The highest BCUT2D eigenvalue weighted by Gasteiger charge is 1.94. The van der Waals surface area contributed by atoms with Crippen LogP contribution in [0.2, 0.25) is 0 Å². The molecule has 2 N–H and O–H groups in total. The minimum absolute atomic E-state index is 0.600. The molecule has 2 heteroatoms. The molecule has 0 aliphatic carbocycles. The van der Waals surface area contributed by atoms with Gasteiger partial charge in [-0.1, -0.05) is 43.7 Å². The Morgan fingerprint density at radius 3 is 2.35 bits per heavy atom. The summed E-state index contributed by atoms with van der Waals surface area (Å²) in [6.07, 6.45) is 2.32. The number of hydrogen-bond acceptors (Lipinski definition) is 2. The molecular weight excluding hydrogens is 208 g/mol. The van der Waals surface area contributed by atoms with Gasteiger partial charge in [-0.3, -0.25) is 0 Å². The second-order valence-corrected chi connectivity index (χ2v) is 4.95. The van der Waals surface area contributed by atoms with Gasteiger partial charge in [0.2, 0.25) is 0 Å². The van der Waals surface area contributed by atoms with Crippen LogP contribution >= 0.6 is 0 Å². The second-order valence-electron chi connectivity index (χ2n) is 4.95. The summed E-state index contributed by atoms with van der Waals surface area (Å²) in [5.74, 6) is 0. The van der Waals surface area contributed by atoms with E-state index in [1.807, 2.05) is 0 Å². The third kappa shape index (κ3) is 7.14. The van der Waals surface area contributed by atoms with Crippen molar-refractivity contribution in [3.8, 4) is 0 Å². The Bertz CT molecular complexity index is 290. The van der Waals surface area contributed by atoms with Crippen molar-refractivity contribution in [1.29, 1.82) is 0 Å². The minimum Gasteiger partial charge on any atom is -0.316 e. The maximum atomic E-state index is 3.48. The molecule has 0 bridgehead atoms. The lowest BCUT2D eigenvalue weighted by atomic mass is 10.1. The van der Waals surface area contributed by atoms with Crippen molar-refractivity contribution >= 4 is 0 Å². The van der Waals surface area contributed by atoms with E-state index in [0.717, 1.165) is 26.1 Å². The lowest BCUT2D eigenvalue weighted by Crippen LogP contribution is -2.27. The molecule has 0 saturated carbocycles. The molecule has 1 aromatic rings. The molecule has 0 heterocycles. The fourth-order valence-electron chi connectivity index (χ4n) is 1.72. The molecule has 1 rings (SSSR count). The first-order valence-electron chi connectivity index (χ1n) is 6.68. The van der Waals surface area contributed by atoms with Crippen molar-refractivity contribution in [1.82, 2.24) is 10.6 Å². The van der Waals surface area contributed by atoms with Crippen LogP contribution in [0.5, 0.6) is 0 Å². The Kier molecular flexibility index (Phi) is 6.90. The van der Waals surface area contributed by atoms with Gasteiger partial charge in [-0.05, 0) is 45.0 Å². The van der Waals surface area contributed by atoms with Crippen molar-refractivity contribution in [3.05, 3.63) is 35.4 Å². The Labute approximate surface area is 106 Å². The first kappa shape index (κ1) is 14.2. The molecule has 0 unspecified atom stereocenters. The standard InChI is InChI=1S/C15H26N2/c1-13(2)17-11-4-10-16-12-9-15-7-5-14(3)6-8-15/h5-8,13,16-17H,4,9-12H2,1-3H3. The van der Waals surface area contributed by atoms with Crippen molar-refractivity contribution in [2.45, 2.75) is 39.7 Å². The molecule has 1 aromatic carbocycles. The van der Waals surface area contributed by atoms with Crippen molar-refractivity contribution < 1.29 is 0 Å². The third-order valence-electron chi connectivity index (χ3n) is 2.79. The van der Waals surface area contributed by atoms with Gasteiger partial charge < -0.3 is 10.6 Å². The van der Waals surface area contributed by atoms with Crippen LogP contribution in [0, 0.1) is 6.92 Å². The molecule has 0 saturated heterocycles. The van der Waals surface area contributed by atoms with Gasteiger partial charge in [-0.2, -0.15) is 0 Å². The van der Waals surface area contributed by atoms with E-state index >= 15 is 0 Å². The molecule has 0 spiro atoms. The van der Waals surface area contributed by atoms with E-state index in [4.69, 9.17) is 0 Å².